The van der Waals surface area contributed by atoms with Crippen molar-refractivity contribution in [3.05, 3.63) is 0 Å². The minimum atomic E-state index is -2.65. The van der Waals surface area contributed by atoms with Crippen LogP contribution >= 0.6 is 0 Å². The normalized spacial score (nSPS) is 41.1. The highest BCUT2D eigenvalue weighted by molar-refractivity contribution is 4.92. The van der Waals surface area contributed by atoms with Crippen LogP contribution in [0.2, 0.25) is 0 Å². The topological polar surface area (TPSA) is 46.2 Å². The molecule has 0 spiro atoms. The summed E-state index contributed by atoms with van der Waals surface area (Å²) in [4.78, 5) is 0. The zero-order chi connectivity index (χ0) is 7.78. The highest BCUT2D eigenvalue weighted by Gasteiger charge is 2.43. The number of nitrogens with two attached hydrogens (primary N) is 1. The second kappa shape index (κ2) is 2.43. The van der Waals surface area contributed by atoms with Crippen molar-refractivity contribution in [3.8, 4) is 0 Å². The van der Waals surface area contributed by atoms with E-state index in [0.29, 0.717) is 6.42 Å². The fourth-order valence-corrected chi connectivity index (χ4v) is 1.29. The monoisotopic (exact) mass is 151 g/mol. The van der Waals surface area contributed by atoms with Crippen LogP contribution in [0.1, 0.15) is 19.3 Å². The van der Waals surface area contributed by atoms with Crippen LogP contribution in [0.4, 0.5) is 8.78 Å². The smallest absolute Gasteiger partial charge is 0.266 e. The highest BCUT2D eigenvalue weighted by Crippen LogP contribution is 2.33. The first-order valence-corrected chi connectivity index (χ1v) is 3.31. The summed E-state index contributed by atoms with van der Waals surface area (Å²) in [5.41, 5.74) is 3.56. The maximum atomic E-state index is 12.0. The van der Waals surface area contributed by atoms with Gasteiger partial charge >= 0.3 is 0 Å². The molecule has 10 heavy (non-hydrogen) atoms. The molecule has 0 aromatic carbocycles. The van der Waals surface area contributed by atoms with Gasteiger partial charge < -0.3 is 10.8 Å². The van der Waals surface area contributed by atoms with Crippen molar-refractivity contribution >= 4 is 0 Å². The first-order chi connectivity index (χ1) is 4.54. The molecule has 1 aliphatic carbocycles. The van der Waals surface area contributed by atoms with Crippen molar-refractivity contribution in [1.82, 2.24) is 0 Å². The molecule has 1 rings (SSSR count). The summed E-state index contributed by atoms with van der Waals surface area (Å²) in [5.74, 6) is 0. The first kappa shape index (κ1) is 7.88. The molecule has 1 saturated carbocycles. The number of halogens is 2. The minimum Gasteiger partial charge on any atom is -0.384 e. The van der Waals surface area contributed by atoms with E-state index in [-0.39, 0.29) is 18.9 Å². The van der Waals surface area contributed by atoms with Gasteiger partial charge in [-0.2, -0.15) is 0 Å². The Bertz CT molecular complexity index is 131. The van der Waals surface area contributed by atoms with Gasteiger partial charge in [-0.05, 0) is 19.3 Å². The van der Waals surface area contributed by atoms with Crippen LogP contribution in [-0.4, -0.2) is 23.2 Å². The fraction of sp³-hybridized carbons (Fsp3) is 1.00. The summed E-state index contributed by atoms with van der Waals surface area (Å²) in [6, 6.07) is -0.251. The Labute approximate surface area is 58.0 Å². The van der Waals surface area contributed by atoms with E-state index in [1.807, 2.05) is 0 Å². The summed E-state index contributed by atoms with van der Waals surface area (Å²) < 4.78 is 24.0. The maximum absolute atomic E-state index is 12.0. The lowest BCUT2D eigenvalue weighted by atomic mass is 10.0. The zero-order valence-corrected chi connectivity index (χ0v) is 5.56. The van der Waals surface area contributed by atoms with Gasteiger partial charge in [0.1, 0.15) is 5.60 Å². The Hall–Kier alpha value is -0.220. The van der Waals surface area contributed by atoms with Crippen LogP contribution in [0.3, 0.4) is 0 Å². The third-order valence-electron chi connectivity index (χ3n) is 1.97. The standard InChI is InChI=1S/C6H11F2NO/c7-5(8)6(10)2-1-4(9)3-6/h4-5,10H,1-3,9H2. The van der Waals surface area contributed by atoms with E-state index in [1.54, 1.807) is 0 Å². The first-order valence-electron chi connectivity index (χ1n) is 3.31. The summed E-state index contributed by atoms with van der Waals surface area (Å²) >= 11 is 0. The molecule has 2 unspecified atom stereocenters. The van der Waals surface area contributed by atoms with E-state index < -0.39 is 12.0 Å². The SMILES string of the molecule is NC1CCC(O)(C(F)F)C1. The Balaban J connectivity index is 2.54. The lowest BCUT2D eigenvalue weighted by molar-refractivity contribution is -0.0911. The zero-order valence-electron chi connectivity index (χ0n) is 5.56. The second-order valence-electron chi connectivity index (χ2n) is 2.91. The van der Waals surface area contributed by atoms with Gasteiger partial charge in [0.2, 0.25) is 0 Å². The Morgan fingerprint density at radius 2 is 2.20 bits per heavy atom. The van der Waals surface area contributed by atoms with Crippen molar-refractivity contribution in [1.29, 1.82) is 0 Å². The number of hydrogen-bond donors (Lipinski definition) is 2. The molecule has 0 aliphatic heterocycles. The quantitative estimate of drug-likeness (QED) is 0.573. The van der Waals surface area contributed by atoms with Crippen molar-refractivity contribution in [2.75, 3.05) is 0 Å². The van der Waals surface area contributed by atoms with Gasteiger partial charge in [0.25, 0.3) is 6.43 Å². The summed E-state index contributed by atoms with van der Waals surface area (Å²) in [5, 5.41) is 9.11. The lowest BCUT2D eigenvalue weighted by Gasteiger charge is -2.20. The fourth-order valence-electron chi connectivity index (χ4n) is 1.29. The molecule has 0 amide bonds. The van der Waals surface area contributed by atoms with Gasteiger partial charge in [0, 0.05) is 6.04 Å². The molecule has 4 heteroatoms. The third-order valence-corrected chi connectivity index (χ3v) is 1.97. The van der Waals surface area contributed by atoms with Gasteiger partial charge in [0.05, 0.1) is 0 Å². The average molecular weight is 151 g/mol. The van der Waals surface area contributed by atoms with Crippen LogP contribution in [0.25, 0.3) is 0 Å². The van der Waals surface area contributed by atoms with E-state index in [1.165, 1.54) is 0 Å². The van der Waals surface area contributed by atoms with Crippen LogP contribution in [0.5, 0.6) is 0 Å². The number of aliphatic hydroxyl groups is 1. The van der Waals surface area contributed by atoms with E-state index in [4.69, 9.17) is 10.8 Å². The van der Waals surface area contributed by atoms with Gasteiger partial charge in [-0.25, -0.2) is 8.78 Å². The van der Waals surface area contributed by atoms with Gasteiger partial charge in [0.15, 0.2) is 0 Å². The molecule has 60 valence electrons. The molecule has 1 aliphatic rings. The van der Waals surface area contributed by atoms with Crippen LogP contribution in [-0.2, 0) is 0 Å². The molecule has 0 aromatic heterocycles. The summed E-state index contributed by atoms with van der Waals surface area (Å²) in [7, 11) is 0. The largest absolute Gasteiger partial charge is 0.384 e. The predicted octanol–water partition coefficient (Wildman–Crippen LogP) is 0.494. The van der Waals surface area contributed by atoms with Crippen molar-refractivity contribution < 1.29 is 13.9 Å². The van der Waals surface area contributed by atoms with Crippen molar-refractivity contribution in [3.63, 3.8) is 0 Å². The van der Waals surface area contributed by atoms with Crippen LogP contribution < -0.4 is 5.73 Å². The van der Waals surface area contributed by atoms with Gasteiger partial charge in [-0.3, -0.25) is 0 Å². The lowest BCUT2D eigenvalue weighted by Crippen LogP contribution is -2.35. The molecule has 1 fully saturated rings. The third kappa shape index (κ3) is 1.27. The molecule has 3 N–H and O–H groups in total. The molecule has 0 saturated heterocycles. The second-order valence-corrected chi connectivity index (χ2v) is 2.91. The van der Waals surface area contributed by atoms with Crippen molar-refractivity contribution in [2.24, 2.45) is 5.73 Å². The predicted molar refractivity (Wildman–Crippen MR) is 32.8 cm³/mol. The Morgan fingerprint density at radius 1 is 1.60 bits per heavy atom. The number of rotatable bonds is 1. The summed E-state index contributed by atoms with van der Waals surface area (Å²) in [6.45, 7) is 0. The highest BCUT2D eigenvalue weighted by atomic mass is 19.3. The van der Waals surface area contributed by atoms with Crippen LogP contribution in [0, 0.1) is 0 Å². The Morgan fingerprint density at radius 3 is 2.40 bits per heavy atom. The summed E-state index contributed by atoms with van der Waals surface area (Å²) in [6.07, 6.45) is -1.99. The molecule has 2 atom stereocenters. The molecule has 2 nitrogen and oxygen atoms in total. The molecule has 0 bridgehead atoms. The van der Waals surface area contributed by atoms with E-state index in [0.717, 1.165) is 0 Å². The Kier molecular flexibility index (Phi) is 1.92. The molecule has 0 heterocycles. The molecular weight excluding hydrogens is 140 g/mol. The van der Waals surface area contributed by atoms with Crippen molar-refractivity contribution in [2.45, 2.75) is 37.3 Å². The number of alkyl halides is 2. The van der Waals surface area contributed by atoms with E-state index in [2.05, 4.69) is 0 Å². The minimum absolute atomic E-state index is 0.0324. The molecular formula is C6H11F2NO. The van der Waals surface area contributed by atoms with Gasteiger partial charge in [-0.15, -0.1) is 0 Å². The molecule has 0 radical (unpaired) electrons. The maximum Gasteiger partial charge on any atom is 0.266 e. The van der Waals surface area contributed by atoms with Crippen LogP contribution in [0.15, 0.2) is 0 Å². The van der Waals surface area contributed by atoms with Gasteiger partial charge in [-0.1, -0.05) is 0 Å². The van der Waals surface area contributed by atoms with E-state index >= 15 is 0 Å². The molecule has 0 aromatic rings. The average Bonchev–Trinajstić information content (AvgIpc) is 2.13. The number of hydrogen-bond acceptors (Lipinski definition) is 2. The van der Waals surface area contributed by atoms with E-state index in [9.17, 15) is 8.78 Å².